The fourth-order valence-electron chi connectivity index (χ4n) is 2.46. The number of hydrogen-bond acceptors (Lipinski definition) is 5. The van der Waals surface area contributed by atoms with Crippen molar-refractivity contribution in [1.29, 1.82) is 0 Å². The van der Waals surface area contributed by atoms with Crippen molar-refractivity contribution >= 4 is 51.9 Å². The average Bonchev–Trinajstić information content (AvgIpc) is 3.29. The van der Waals surface area contributed by atoms with E-state index in [1.54, 1.807) is 0 Å². The van der Waals surface area contributed by atoms with Crippen molar-refractivity contribution in [2.45, 2.75) is 55.3 Å². The van der Waals surface area contributed by atoms with Gasteiger partial charge in [0.25, 0.3) is 0 Å². The predicted molar refractivity (Wildman–Crippen MR) is 103 cm³/mol. The zero-order chi connectivity index (χ0) is 15.0. The van der Waals surface area contributed by atoms with Gasteiger partial charge in [-0.2, -0.15) is 11.8 Å². The number of rotatable bonds is 4. The summed E-state index contributed by atoms with van der Waals surface area (Å²) in [5.41, 5.74) is 1.29. The maximum Gasteiger partial charge on any atom is 0.144 e. The molecule has 21 heavy (non-hydrogen) atoms. The van der Waals surface area contributed by atoms with Gasteiger partial charge in [-0.3, -0.25) is 0 Å². The topological polar surface area (TPSA) is 37.8 Å². The Bertz CT molecular complexity index is 522. The minimum Gasteiger partial charge on any atom is -0.369 e. The molecule has 0 radical (unpaired) electrons. The molecule has 1 aromatic rings. The van der Waals surface area contributed by atoms with Crippen molar-refractivity contribution in [3.05, 3.63) is 15.1 Å². The number of nitrogens with zero attached hydrogens (tertiary/aromatic N) is 2. The Morgan fingerprint density at radius 1 is 1.24 bits per heavy atom. The first kappa shape index (κ1) is 16.2. The molecule has 3 atom stereocenters. The SMILES string of the molecule is CCNc1nc(C2CSC(C)C(C)S2)nc(C2CC2)c1I. The van der Waals surface area contributed by atoms with Gasteiger partial charge in [0.15, 0.2) is 0 Å². The summed E-state index contributed by atoms with van der Waals surface area (Å²) in [6.07, 6.45) is 2.58. The third kappa shape index (κ3) is 3.63. The molecule has 1 saturated carbocycles. The molecule has 1 aromatic heterocycles. The molecule has 2 fully saturated rings. The smallest absolute Gasteiger partial charge is 0.144 e. The van der Waals surface area contributed by atoms with E-state index in [9.17, 15) is 0 Å². The summed E-state index contributed by atoms with van der Waals surface area (Å²) in [4.78, 5) is 9.82. The molecule has 1 N–H and O–H groups in total. The van der Waals surface area contributed by atoms with Gasteiger partial charge in [-0.1, -0.05) is 13.8 Å². The van der Waals surface area contributed by atoms with E-state index < -0.39 is 0 Å². The molecule has 3 unspecified atom stereocenters. The van der Waals surface area contributed by atoms with Crippen LogP contribution < -0.4 is 5.32 Å². The fourth-order valence-corrected chi connectivity index (χ4v) is 6.17. The van der Waals surface area contributed by atoms with Crippen molar-refractivity contribution in [3.63, 3.8) is 0 Å². The zero-order valence-electron chi connectivity index (χ0n) is 12.7. The van der Waals surface area contributed by atoms with E-state index in [0.29, 0.717) is 16.4 Å². The zero-order valence-corrected chi connectivity index (χ0v) is 16.5. The molecular weight excluding hydrogens is 413 g/mol. The van der Waals surface area contributed by atoms with Crippen molar-refractivity contribution in [2.75, 3.05) is 17.6 Å². The van der Waals surface area contributed by atoms with Gasteiger partial charge in [-0.15, -0.1) is 11.8 Å². The molecule has 2 heterocycles. The Morgan fingerprint density at radius 3 is 2.62 bits per heavy atom. The van der Waals surface area contributed by atoms with Gasteiger partial charge in [0.05, 0.1) is 14.5 Å². The first-order chi connectivity index (χ1) is 10.1. The Kier molecular flexibility index (Phi) is 5.26. The van der Waals surface area contributed by atoms with Crippen molar-refractivity contribution < 1.29 is 0 Å². The van der Waals surface area contributed by atoms with Crippen LogP contribution in [0.5, 0.6) is 0 Å². The van der Waals surface area contributed by atoms with E-state index in [1.807, 2.05) is 11.8 Å². The summed E-state index contributed by atoms with van der Waals surface area (Å²) >= 11 is 6.52. The quantitative estimate of drug-likeness (QED) is 0.695. The molecule has 1 aliphatic heterocycles. The second-order valence-electron chi connectivity index (χ2n) is 5.80. The molecule has 1 aliphatic carbocycles. The summed E-state index contributed by atoms with van der Waals surface area (Å²) in [5, 5.41) is 5.26. The average molecular weight is 435 g/mol. The lowest BCUT2D eigenvalue weighted by atomic mass is 10.2. The lowest BCUT2D eigenvalue weighted by molar-refractivity contribution is 0.834. The first-order valence-electron chi connectivity index (χ1n) is 7.68. The second-order valence-corrected chi connectivity index (χ2v) is 9.88. The maximum absolute atomic E-state index is 4.97. The fraction of sp³-hybridized carbons (Fsp3) is 0.733. The summed E-state index contributed by atoms with van der Waals surface area (Å²) < 4.78 is 1.23. The molecule has 1 saturated heterocycles. The van der Waals surface area contributed by atoms with E-state index in [4.69, 9.17) is 9.97 Å². The minimum absolute atomic E-state index is 0.438. The predicted octanol–water partition coefficient (Wildman–Crippen LogP) is 4.69. The molecule has 0 bridgehead atoms. The molecule has 0 amide bonds. The van der Waals surface area contributed by atoms with Gasteiger partial charge in [-0.25, -0.2) is 9.97 Å². The molecule has 116 valence electrons. The third-order valence-corrected chi connectivity index (χ3v) is 8.49. The number of nitrogens with one attached hydrogen (secondary N) is 1. The highest BCUT2D eigenvalue weighted by atomic mass is 127. The summed E-state index contributed by atoms with van der Waals surface area (Å²) in [6, 6.07) is 0. The van der Waals surface area contributed by atoms with Crippen LogP contribution in [0.1, 0.15) is 56.3 Å². The molecule has 0 spiro atoms. The van der Waals surface area contributed by atoms with Crippen LogP contribution in [-0.4, -0.2) is 32.8 Å². The number of halogens is 1. The number of anilines is 1. The van der Waals surface area contributed by atoms with Gasteiger partial charge in [-0.05, 0) is 42.4 Å². The number of hydrogen-bond donors (Lipinski definition) is 1. The lowest BCUT2D eigenvalue weighted by Gasteiger charge is -2.30. The van der Waals surface area contributed by atoms with Gasteiger partial charge >= 0.3 is 0 Å². The molecule has 6 heteroatoms. The van der Waals surface area contributed by atoms with Gasteiger partial charge in [0.2, 0.25) is 0 Å². The largest absolute Gasteiger partial charge is 0.369 e. The van der Waals surface area contributed by atoms with Crippen LogP contribution in [0.4, 0.5) is 5.82 Å². The lowest BCUT2D eigenvalue weighted by Crippen LogP contribution is -2.23. The van der Waals surface area contributed by atoms with Gasteiger partial charge in [0.1, 0.15) is 11.6 Å². The van der Waals surface area contributed by atoms with Crippen LogP contribution in [0.3, 0.4) is 0 Å². The Labute approximate surface area is 149 Å². The van der Waals surface area contributed by atoms with E-state index >= 15 is 0 Å². The van der Waals surface area contributed by atoms with Crippen LogP contribution in [0, 0.1) is 3.57 Å². The Morgan fingerprint density at radius 2 is 2.00 bits per heavy atom. The maximum atomic E-state index is 4.97. The Hall–Kier alpha value is 0.310. The van der Waals surface area contributed by atoms with Crippen molar-refractivity contribution in [1.82, 2.24) is 9.97 Å². The highest BCUT2D eigenvalue weighted by Crippen LogP contribution is 2.46. The highest BCUT2D eigenvalue weighted by molar-refractivity contribution is 14.1. The van der Waals surface area contributed by atoms with Crippen LogP contribution in [0.25, 0.3) is 0 Å². The van der Waals surface area contributed by atoms with Gasteiger partial charge in [0, 0.05) is 28.7 Å². The monoisotopic (exact) mass is 435 g/mol. The molecule has 3 nitrogen and oxygen atoms in total. The van der Waals surface area contributed by atoms with E-state index in [2.05, 4.69) is 60.4 Å². The van der Waals surface area contributed by atoms with Crippen molar-refractivity contribution in [3.8, 4) is 0 Å². The minimum atomic E-state index is 0.438. The van der Waals surface area contributed by atoms with Crippen molar-refractivity contribution in [2.24, 2.45) is 0 Å². The summed E-state index contributed by atoms with van der Waals surface area (Å²) in [5.74, 6) is 3.90. The molecule has 2 aliphatic rings. The van der Waals surface area contributed by atoms with Crippen LogP contribution >= 0.6 is 46.1 Å². The normalized spacial score (nSPS) is 29.4. The first-order valence-corrected chi connectivity index (χ1v) is 10.8. The number of thioether (sulfide) groups is 2. The highest BCUT2D eigenvalue weighted by Gasteiger charge is 2.33. The summed E-state index contributed by atoms with van der Waals surface area (Å²) in [7, 11) is 0. The van der Waals surface area contributed by atoms with Crippen LogP contribution in [0.2, 0.25) is 0 Å². The van der Waals surface area contributed by atoms with E-state index in [1.165, 1.54) is 22.1 Å². The van der Waals surface area contributed by atoms with Crippen LogP contribution in [-0.2, 0) is 0 Å². The molecular formula is C15H22IN3S2. The molecule has 0 aromatic carbocycles. The standard InChI is InChI=1S/C15H22IN3S2/c1-4-17-15-12(16)13(10-5-6-10)18-14(19-15)11-7-20-8(2)9(3)21-11/h8-11H,4-7H2,1-3H3,(H,17,18,19). The third-order valence-electron chi connectivity index (χ3n) is 4.04. The van der Waals surface area contributed by atoms with E-state index in [-0.39, 0.29) is 0 Å². The second kappa shape index (κ2) is 6.83. The van der Waals surface area contributed by atoms with Gasteiger partial charge < -0.3 is 5.32 Å². The Balaban J connectivity index is 1.90. The number of aromatic nitrogens is 2. The van der Waals surface area contributed by atoms with E-state index in [0.717, 1.165) is 29.2 Å². The molecule has 3 rings (SSSR count). The van der Waals surface area contributed by atoms with Crippen LogP contribution in [0.15, 0.2) is 0 Å². The summed E-state index contributed by atoms with van der Waals surface area (Å²) in [6.45, 7) is 7.70.